The van der Waals surface area contributed by atoms with Crippen molar-refractivity contribution in [3.63, 3.8) is 0 Å². The molecule has 0 aromatic carbocycles. The van der Waals surface area contributed by atoms with Gasteiger partial charge in [0, 0.05) is 44.8 Å². The summed E-state index contributed by atoms with van der Waals surface area (Å²) in [5.41, 5.74) is 1.20. The van der Waals surface area contributed by atoms with Crippen LogP contribution in [0.15, 0.2) is 12.4 Å². The number of hydrogen-bond donors (Lipinski definition) is 1. The molecule has 2 aliphatic carbocycles. The summed E-state index contributed by atoms with van der Waals surface area (Å²) in [4.78, 5) is 15.7. The van der Waals surface area contributed by atoms with Crippen molar-refractivity contribution in [1.29, 1.82) is 0 Å². The molecule has 1 aromatic heterocycles. The molecule has 1 aromatic rings. The lowest BCUT2D eigenvalue weighted by Gasteiger charge is -2.37. The predicted molar refractivity (Wildman–Crippen MR) is 93.6 cm³/mol. The van der Waals surface area contributed by atoms with Gasteiger partial charge < -0.3 is 10.2 Å². The molecular weight excluding hydrogens is 300 g/mol. The molecule has 0 bridgehead atoms. The van der Waals surface area contributed by atoms with Crippen molar-refractivity contribution in [2.24, 2.45) is 18.9 Å². The Labute approximate surface area is 144 Å². The van der Waals surface area contributed by atoms with Gasteiger partial charge in [0.1, 0.15) is 0 Å². The van der Waals surface area contributed by atoms with Gasteiger partial charge in [-0.3, -0.25) is 9.48 Å². The van der Waals surface area contributed by atoms with Gasteiger partial charge in [0.2, 0.25) is 5.91 Å². The lowest BCUT2D eigenvalue weighted by atomic mass is 9.87. The number of rotatable bonds is 5. The van der Waals surface area contributed by atoms with Crippen LogP contribution in [0.1, 0.15) is 56.4 Å². The molecule has 5 heteroatoms. The molecule has 2 saturated carbocycles. The molecule has 24 heavy (non-hydrogen) atoms. The normalized spacial score (nSPS) is 28.2. The van der Waals surface area contributed by atoms with E-state index in [1.165, 1.54) is 50.5 Å². The van der Waals surface area contributed by atoms with Gasteiger partial charge in [-0.05, 0) is 37.2 Å². The fourth-order valence-electron chi connectivity index (χ4n) is 4.52. The number of aromatic nitrogens is 2. The Morgan fingerprint density at radius 1 is 1.25 bits per heavy atom. The number of amides is 1. The van der Waals surface area contributed by atoms with Crippen LogP contribution in [-0.2, 0) is 11.8 Å². The van der Waals surface area contributed by atoms with Gasteiger partial charge in [-0.15, -0.1) is 0 Å². The van der Waals surface area contributed by atoms with Crippen LogP contribution in [0.25, 0.3) is 0 Å². The Morgan fingerprint density at radius 2 is 2.04 bits per heavy atom. The van der Waals surface area contributed by atoms with Crippen molar-refractivity contribution in [2.45, 2.75) is 56.9 Å². The van der Waals surface area contributed by atoms with Crippen LogP contribution in [0.4, 0.5) is 0 Å². The average molecular weight is 330 g/mol. The molecule has 3 fully saturated rings. The van der Waals surface area contributed by atoms with E-state index in [0.717, 1.165) is 25.6 Å². The molecule has 0 unspecified atom stereocenters. The fourth-order valence-corrected chi connectivity index (χ4v) is 4.52. The largest absolute Gasteiger partial charge is 0.339 e. The summed E-state index contributed by atoms with van der Waals surface area (Å²) in [6.07, 6.45) is 12.9. The standard InChI is InChI=1S/C19H30N4O/c1-22-13-15(9-21-22)17-10-20-11-18(17)19(24)23(12-14-7-8-14)16-5-3-2-4-6-16/h9,13-14,16-18,20H,2-8,10-12H2,1H3/t17-,18+/m1/s1. The molecule has 132 valence electrons. The third-order valence-electron chi connectivity index (χ3n) is 6.13. The van der Waals surface area contributed by atoms with E-state index in [4.69, 9.17) is 0 Å². The van der Waals surface area contributed by atoms with E-state index in [9.17, 15) is 4.79 Å². The summed E-state index contributed by atoms with van der Waals surface area (Å²) in [6.45, 7) is 2.70. The average Bonchev–Trinajstić information content (AvgIpc) is 3.11. The smallest absolute Gasteiger partial charge is 0.227 e. The maximum atomic E-state index is 13.5. The fraction of sp³-hybridized carbons (Fsp3) is 0.789. The zero-order valence-corrected chi connectivity index (χ0v) is 14.8. The number of carbonyl (C=O) groups is 1. The summed E-state index contributed by atoms with van der Waals surface area (Å²) in [6, 6.07) is 0.488. The van der Waals surface area contributed by atoms with Gasteiger partial charge in [-0.25, -0.2) is 0 Å². The predicted octanol–water partition coefficient (Wildman–Crippen LogP) is 2.29. The van der Waals surface area contributed by atoms with Crippen LogP contribution < -0.4 is 5.32 Å². The summed E-state index contributed by atoms with van der Waals surface area (Å²) in [5.74, 6) is 1.51. The Kier molecular flexibility index (Phi) is 4.61. The molecule has 4 rings (SSSR count). The van der Waals surface area contributed by atoms with Gasteiger partial charge in [0.05, 0.1) is 12.1 Å². The second kappa shape index (κ2) is 6.87. The number of carbonyl (C=O) groups excluding carboxylic acids is 1. The van der Waals surface area contributed by atoms with E-state index in [1.807, 2.05) is 17.9 Å². The first-order valence-electron chi connectivity index (χ1n) is 9.72. The van der Waals surface area contributed by atoms with Crippen LogP contribution in [-0.4, -0.2) is 46.3 Å². The molecule has 0 spiro atoms. The molecule has 1 N–H and O–H groups in total. The third kappa shape index (κ3) is 3.37. The molecule has 3 aliphatic rings. The van der Waals surface area contributed by atoms with E-state index in [1.54, 1.807) is 0 Å². The third-order valence-corrected chi connectivity index (χ3v) is 6.13. The molecule has 1 saturated heterocycles. The first-order chi connectivity index (χ1) is 11.7. The zero-order valence-electron chi connectivity index (χ0n) is 14.8. The van der Waals surface area contributed by atoms with E-state index in [0.29, 0.717) is 11.9 Å². The number of aryl methyl sites for hydroxylation is 1. The molecule has 0 radical (unpaired) electrons. The monoisotopic (exact) mass is 330 g/mol. The highest BCUT2D eigenvalue weighted by molar-refractivity contribution is 5.81. The van der Waals surface area contributed by atoms with Gasteiger partial charge in [0.15, 0.2) is 0 Å². The summed E-state index contributed by atoms with van der Waals surface area (Å²) in [7, 11) is 1.95. The Morgan fingerprint density at radius 3 is 2.71 bits per heavy atom. The molecule has 1 aliphatic heterocycles. The van der Waals surface area contributed by atoms with E-state index < -0.39 is 0 Å². The summed E-state index contributed by atoms with van der Waals surface area (Å²) in [5, 5.41) is 7.77. The highest BCUT2D eigenvalue weighted by Gasteiger charge is 2.40. The van der Waals surface area contributed by atoms with Gasteiger partial charge in [0.25, 0.3) is 0 Å². The highest BCUT2D eigenvalue weighted by Crippen LogP contribution is 2.36. The number of nitrogens with zero attached hydrogens (tertiary/aromatic N) is 3. The van der Waals surface area contributed by atoms with Crippen molar-refractivity contribution in [1.82, 2.24) is 20.0 Å². The van der Waals surface area contributed by atoms with Crippen molar-refractivity contribution >= 4 is 5.91 Å². The second-order valence-electron chi connectivity index (χ2n) is 8.04. The molecule has 1 amide bonds. The van der Waals surface area contributed by atoms with Crippen LogP contribution in [0, 0.1) is 11.8 Å². The lowest BCUT2D eigenvalue weighted by molar-refractivity contribution is -0.138. The van der Waals surface area contributed by atoms with E-state index >= 15 is 0 Å². The highest BCUT2D eigenvalue weighted by atomic mass is 16.2. The van der Waals surface area contributed by atoms with Gasteiger partial charge >= 0.3 is 0 Å². The number of hydrogen-bond acceptors (Lipinski definition) is 3. The van der Waals surface area contributed by atoms with Crippen molar-refractivity contribution in [3.05, 3.63) is 18.0 Å². The zero-order chi connectivity index (χ0) is 16.5. The summed E-state index contributed by atoms with van der Waals surface area (Å²) >= 11 is 0. The quantitative estimate of drug-likeness (QED) is 0.901. The van der Waals surface area contributed by atoms with Gasteiger partial charge in [-0.1, -0.05) is 19.3 Å². The maximum absolute atomic E-state index is 13.5. The molecule has 2 heterocycles. The van der Waals surface area contributed by atoms with Crippen LogP contribution >= 0.6 is 0 Å². The number of nitrogens with one attached hydrogen (secondary N) is 1. The van der Waals surface area contributed by atoms with Crippen LogP contribution in [0.2, 0.25) is 0 Å². The minimum atomic E-state index is 0.0786. The van der Waals surface area contributed by atoms with Crippen molar-refractivity contribution in [2.75, 3.05) is 19.6 Å². The van der Waals surface area contributed by atoms with Crippen LogP contribution in [0.3, 0.4) is 0 Å². The van der Waals surface area contributed by atoms with E-state index in [2.05, 4.69) is 21.5 Å². The lowest BCUT2D eigenvalue weighted by Crippen LogP contribution is -2.47. The van der Waals surface area contributed by atoms with E-state index in [-0.39, 0.29) is 11.8 Å². The first kappa shape index (κ1) is 16.1. The summed E-state index contributed by atoms with van der Waals surface area (Å²) < 4.78 is 1.85. The molecular formula is C19H30N4O. The van der Waals surface area contributed by atoms with Crippen molar-refractivity contribution in [3.8, 4) is 0 Å². The molecule has 5 nitrogen and oxygen atoms in total. The van der Waals surface area contributed by atoms with Crippen molar-refractivity contribution < 1.29 is 4.79 Å². The minimum absolute atomic E-state index is 0.0786. The first-order valence-corrected chi connectivity index (χ1v) is 9.72. The topological polar surface area (TPSA) is 50.2 Å². The van der Waals surface area contributed by atoms with Crippen LogP contribution in [0.5, 0.6) is 0 Å². The Bertz CT molecular complexity index is 574. The maximum Gasteiger partial charge on any atom is 0.227 e. The molecule has 2 atom stereocenters. The minimum Gasteiger partial charge on any atom is -0.339 e. The van der Waals surface area contributed by atoms with Gasteiger partial charge in [-0.2, -0.15) is 5.10 Å². The Balaban J connectivity index is 1.51. The Hall–Kier alpha value is -1.36. The second-order valence-corrected chi connectivity index (χ2v) is 8.04. The SMILES string of the molecule is Cn1cc([C@H]2CNC[C@@H]2C(=O)N(CC2CC2)C2CCCCC2)cn1.